The molecule has 2 atom stereocenters. The smallest absolute Gasteiger partial charge is 0.327 e. The number of nitrogens with zero attached hydrogens (tertiary/aromatic N) is 1. The predicted molar refractivity (Wildman–Crippen MR) is 128 cm³/mol. The lowest BCUT2D eigenvalue weighted by Gasteiger charge is -2.23. The Bertz CT molecular complexity index is 1310. The molecule has 0 aliphatic carbocycles. The van der Waals surface area contributed by atoms with E-state index in [1.165, 1.54) is 32.4 Å². The Morgan fingerprint density at radius 1 is 1.00 bits per heavy atom. The third-order valence-electron chi connectivity index (χ3n) is 5.18. The van der Waals surface area contributed by atoms with Crippen molar-refractivity contribution in [2.24, 2.45) is 0 Å². The summed E-state index contributed by atoms with van der Waals surface area (Å²) in [6, 6.07) is 15.4. The average Bonchev–Trinajstić information content (AvgIpc) is 2.90. The van der Waals surface area contributed by atoms with Gasteiger partial charge in [-0.1, -0.05) is 36.4 Å². The van der Waals surface area contributed by atoms with Gasteiger partial charge in [-0.2, -0.15) is 4.72 Å². The molecule has 0 heterocycles. The van der Waals surface area contributed by atoms with Gasteiger partial charge in [0.25, 0.3) is 5.69 Å². The summed E-state index contributed by atoms with van der Waals surface area (Å²) in [6.45, 7) is -0.159. The standard InChI is InChI=1S/C24H24N2O9S/c1-33-20-13-8-17(14-21(20)34-2)23(27)22(24(28)35-15-16-6-4-3-5-7-16)25-36(31,32)19-11-9-18(10-12-19)26(29)30/h3-14,22-23,25,27H,15H2,1-2H3. The van der Waals surface area contributed by atoms with E-state index in [0.717, 1.165) is 24.3 Å². The number of esters is 1. The second-order valence-electron chi connectivity index (χ2n) is 7.50. The van der Waals surface area contributed by atoms with Gasteiger partial charge < -0.3 is 19.3 Å². The molecule has 0 saturated heterocycles. The maximum atomic E-state index is 13.0. The molecule has 0 amide bonds. The highest BCUT2D eigenvalue weighted by Gasteiger charge is 2.35. The van der Waals surface area contributed by atoms with Gasteiger partial charge in [0, 0.05) is 12.1 Å². The minimum absolute atomic E-state index is 0.153. The molecule has 3 aromatic carbocycles. The number of hydrogen-bond acceptors (Lipinski definition) is 9. The SMILES string of the molecule is COc1ccc(C(O)C(NS(=O)(=O)c2ccc([N+](=O)[O-])cc2)C(=O)OCc2ccccc2)cc1OC. The summed E-state index contributed by atoms with van der Waals surface area (Å²) < 4.78 is 43.9. The minimum Gasteiger partial charge on any atom is -0.493 e. The van der Waals surface area contributed by atoms with Crippen molar-refractivity contribution >= 4 is 21.7 Å². The van der Waals surface area contributed by atoms with Crippen molar-refractivity contribution in [3.8, 4) is 11.5 Å². The molecule has 0 aliphatic rings. The molecular weight excluding hydrogens is 492 g/mol. The highest BCUT2D eigenvalue weighted by molar-refractivity contribution is 7.89. The van der Waals surface area contributed by atoms with Gasteiger partial charge in [-0.15, -0.1) is 0 Å². The number of rotatable bonds is 11. The lowest BCUT2D eigenvalue weighted by atomic mass is 10.0. The van der Waals surface area contributed by atoms with Crippen molar-refractivity contribution in [3.63, 3.8) is 0 Å². The van der Waals surface area contributed by atoms with Crippen molar-refractivity contribution in [1.82, 2.24) is 4.72 Å². The molecule has 3 aromatic rings. The number of ether oxygens (including phenoxy) is 3. The lowest BCUT2D eigenvalue weighted by Crippen LogP contribution is -2.45. The number of hydrogen-bond donors (Lipinski definition) is 2. The molecule has 11 nitrogen and oxygen atoms in total. The first-order chi connectivity index (χ1) is 17.2. The molecule has 2 N–H and O–H groups in total. The van der Waals surface area contributed by atoms with Crippen LogP contribution in [0.15, 0.2) is 77.7 Å². The highest BCUT2D eigenvalue weighted by atomic mass is 32.2. The topological polar surface area (TPSA) is 154 Å². The van der Waals surface area contributed by atoms with Crippen LogP contribution in [0, 0.1) is 10.1 Å². The molecule has 0 spiro atoms. The van der Waals surface area contributed by atoms with Crippen LogP contribution in [0.4, 0.5) is 5.69 Å². The van der Waals surface area contributed by atoms with Crippen LogP contribution in [0.25, 0.3) is 0 Å². The third kappa shape index (κ3) is 6.36. The Hall–Kier alpha value is -4.00. The van der Waals surface area contributed by atoms with Crippen LogP contribution in [0.2, 0.25) is 0 Å². The molecule has 36 heavy (non-hydrogen) atoms. The summed E-state index contributed by atoms with van der Waals surface area (Å²) in [5, 5.41) is 21.9. The highest BCUT2D eigenvalue weighted by Crippen LogP contribution is 2.31. The monoisotopic (exact) mass is 516 g/mol. The number of sulfonamides is 1. The quantitative estimate of drug-likeness (QED) is 0.222. The first-order valence-electron chi connectivity index (χ1n) is 10.5. The van der Waals surface area contributed by atoms with Gasteiger partial charge in [0.15, 0.2) is 11.5 Å². The van der Waals surface area contributed by atoms with Gasteiger partial charge in [-0.05, 0) is 35.4 Å². The molecule has 0 fully saturated rings. The number of nitrogens with one attached hydrogen (secondary N) is 1. The van der Waals surface area contributed by atoms with Crippen LogP contribution in [0.3, 0.4) is 0 Å². The van der Waals surface area contributed by atoms with Crippen molar-refractivity contribution in [1.29, 1.82) is 0 Å². The summed E-state index contributed by atoms with van der Waals surface area (Å²) in [6.07, 6.45) is -1.68. The number of non-ortho nitro benzene ring substituents is 1. The Labute approximate surface area is 207 Å². The first kappa shape index (κ1) is 26.6. The zero-order valence-electron chi connectivity index (χ0n) is 19.4. The number of aliphatic hydroxyl groups excluding tert-OH is 1. The summed E-state index contributed by atoms with van der Waals surface area (Å²) >= 11 is 0. The Morgan fingerprint density at radius 2 is 1.64 bits per heavy atom. The summed E-state index contributed by atoms with van der Waals surface area (Å²) in [7, 11) is -1.59. The molecule has 0 aromatic heterocycles. The van der Waals surface area contributed by atoms with E-state index in [1.54, 1.807) is 30.3 Å². The van der Waals surface area contributed by atoms with Crippen molar-refractivity contribution in [3.05, 3.63) is 94.0 Å². The zero-order valence-corrected chi connectivity index (χ0v) is 20.2. The summed E-state index contributed by atoms with van der Waals surface area (Å²) in [4.78, 5) is 22.9. The summed E-state index contributed by atoms with van der Waals surface area (Å²) in [5.74, 6) is -0.418. The molecule has 190 valence electrons. The van der Waals surface area contributed by atoms with E-state index in [1.807, 2.05) is 0 Å². The first-order valence-corrected chi connectivity index (χ1v) is 12.0. The zero-order chi connectivity index (χ0) is 26.3. The average molecular weight is 517 g/mol. The fourth-order valence-electron chi connectivity index (χ4n) is 3.27. The van der Waals surface area contributed by atoms with Gasteiger partial charge in [-0.25, -0.2) is 8.42 Å². The van der Waals surface area contributed by atoms with Crippen molar-refractivity contribution < 1.29 is 37.5 Å². The predicted octanol–water partition coefficient (Wildman–Crippen LogP) is 2.74. The molecule has 0 radical (unpaired) electrons. The number of nitro benzene ring substituents is 1. The van der Waals surface area contributed by atoms with Crippen molar-refractivity contribution in [2.45, 2.75) is 23.6 Å². The van der Waals surface area contributed by atoms with E-state index in [4.69, 9.17) is 14.2 Å². The molecule has 0 bridgehead atoms. The van der Waals surface area contributed by atoms with Gasteiger partial charge in [0.05, 0.1) is 24.0 Å². The Balaban J connectivity index is 1.92. The van der Waals surface area contributed by atoms with Crippen LogP contribution in [-0.4, -0.2) is 44.7 Å². The van der Waals surface area contributed by atoms with E-state index in [0.29, 0.717) is 11.3 Å². The second-order valence-corrected chi connectivity index (χ2v) is 9.22. The molecule has 12 heteroatoms. The Morgan fingerprint density at radius 3 is 2.22 bits per heavy atom. The van der Waals surface area contributed by atoms with Crippen LogP contribution < -0.4 is 14.2 Å². The fraction of sp³-hybridized carbons (Fsp3) is 0.208. The number of benzene rings is 3. The lowest BCUT2D eigenvalue weighted by molar-refractivity contribution is -0.384. The second kappa shape index (κ2) is 11.6. The molecule has 0 aliphatic heterocycles. The number of carbonyl (C=O) groups is 1. The fourth-order valence-corrected chi connectivity index (χ4v) is 4.46. The maximum Gasteiger partial charge on any atom is 0.327 e. The largest absolute Gasteiger partial charge is 0.493 e. The number of carbonyl (C=O) groups excluding carboxylic acids is 1. The van der Waals surface area contributed by atoms with E-state index in [2.05, 4.69) is 4.72 Å². The minimum atomic E-state index is -4.40. The molecule has 0 saturated carbocycles. The van der Waals surface area contributed by atoms with Crippen LogP contribution in [0.5, 0.6) is 11.5 Å². The normalized spacial score (nSPS) is 12.9. The van der Waals surface area contributed by atoms with Gasteiger partial charge >= 0.3 is 5.97 Å². The molecular formula is C24H24N2O9S. The third-order valence-corrected chi connectivity index (χ3v) is 6.64. The van der Waals surface area contributed by atoms with Gasteiger partial charge in [0.1, 0.15) is 18.8 Å². The molecule has 2 unspecified atom stereocenters. The summed E-state index contributed by atoms with van der Waals surface area (Å²) in [5.41, 5.74) is 0.502. The van der Waals surface area contributed by atoms with Crippen LogP contribution >= 0.6 is 0 Å². The van der Waals surface area contributed by atoms with Crippen LogP contribution in [-0.2, 0) is 26.2 Å². The number of methoxy groups -OCH3 is 2. The van der Waals surface area contributed by atoms with Crippen molar-refractivity contribution in [2.75, 3.05) is 14.2 Å². The number of nitro groups is 1. The van der Waals surface area contributed by atoms with E-state index < -0.39 is 33.1 Å². The van der Waals surface area contributed by atoms with E-state index in [9.17, 15) is 28.4 Å². The van der Waals surface area contributed by atoms with Gasteiger partial charge in [0.2, 0.25) is 10.0 Å². The van der Waals surface area contributed by atoms with E-state index in [-0.39, 0.29) is 28.5 Å². The van der Waals surface area contributed by atoms with Gasteiger partial charge in [-0.3, -0.25) is 14.9 Å². The van der Waals surface area contributed by atoms with Crippen LogP contribution in [0.1, 0.15) is 17.2 Å². The number of aliphatic hydroxyl groups is 1. The maximum absolute atomic E-state index is 13.0. The van der Waals surface area contributed by atoms with E-state index >= 15 is 0 Å². The Kier molecular flexibility index (Phi) is 8.59. The molecule has 3 rings (SSSR count).